The number of hydrogen-bond donors (Lipinski definition) is 2. The van der Waals surface area contributed by atoms with E-state index in [2.05, 4.69) is 15.8 Å². The molecule has 152 valence electrons. The van der Waals surface area contributed by atoms with E-state index in [0.29, 0.717) is 17.1 Å². The van der Waals surface area contributed by atoms with Gasteiger partial charge in [0.25, 0.3) is 11.8 Å². The summed E-state index contributed by atoms with van der Waals surface area (Å²) in [6.07, 6.45) is 0. The predicted octanol–water partition coefficient (Wildman–Crippen LogP) is 4.00. The standard InChI is InChI=1S/C23H20FN3O3/c1-16(26-27-23(29)20-9-5-6-10-21(20)24)17-11-13-19(14-12-17)30-15-22(28)25-18-7-3-2-4-8-18/h2-14H,15H2,1H3,(H,25,28)(H,27,29)/b26-16-. The van der Waals surface area contributed by atoms with Crippen LogP contribution in [0.2, 0.25) is 0 Å². The Morgan fingerprint density at radius 3 is 2.30 bits per heavy atom. The number of halogens is 1. The molecular weight excluding hydrogens is 385 g/mol. The highest BCUT2D eigenvalue weighted by atomic mass is 19.1. The first-order valence-electron chi connectivity index (χ1n) is 9.20. The molecule has 0 fully saturated rings. The number of carbonyl (C=O) groups excluding carboxylic acids is 2. The molecule has 3 aromatic carbocycles. The molecule has 0 atom stereocenters. The molecule has 0 radical (unpaired) electrons. The number of amides is 2. The van der Waals surface area contributed by atoms with Crippen LogP contribution in [0.1, 0.15) is 22.8 Å². The number of carbonyl (C=O) groups is 2. The summed E-state index contributed by atoms with van der Waals surface area (Å²) in [5.41, 5.74) is 4.24. The average Bonchev–Trinajstić information content (AvgIpc) is 2.77. The van der Waals surface area contributed by atoms with Crippen molar-refractivity contribution in [3.8, 4) is 5.75 Å². The molecule has 0 aliphatic carbocycles. The van der Waals surface area contributed by atoms with Crippen molar-refractivity contribution in [3.05, 3.63) is 95.8 Å². The summed E-state index contributed by atoms with van der Waals surface area (Å²) < 4.78 is 19.1. The molecule has 0 aromatic heterocycles. The summed E-state index contributed by atoms with van der Waals surface area (Å²) in [7, 11) is 0. The Hall–Kier alpha value is -4.00. The number of nitrogens with one attached hydrogen (secondary N) is 2. The third-order valence-electron chi connectivity index (χ3n) is 4.14. The van der Waals surface area contributed by atoms with Gasteiger partial charge in [-0.3, -0.25) is 9.59 Å². The minimum Gasteiger partial charge on any atom is -0.484 e. The number of anilines is 1. The van der Waals surface area contributed by atoms with E-state index in [1.165, 1.54) is 18.2 Å². The van der Waals surface area contributed by atoms with Gasteiger partial charge >= 0.3 is 0 Å². The molecule has 0 spiro atoms. The highest BCUT2D eigenvalue weighted by Crippen LogP contribution is 2.13. The van der Waals surface area contributed by atoms with E-state index in [1.54, 1.807) is 49.4 Å². The monoisotopic (exact) mass is 405 g/mol. The van der Waals surface area contributed by atoms with Gasteiger partial charge in [0.1, 0.15) is 11.6 Å². The van der Waals surface area contributed by atoms with Crippen LogP contribution >= 0.6 is 0 Å². The molecule has 0 aliphatic rings. The van der Waals surface area contributed by atoms with Crippen molar-refractivity contribution >= 4 is 23.2 Å². The van der Waals surface area contributed by atoms with Crippen molar-refractivity contribution in [1.82, 2.24) is 5.43 Å². The molecule has 30 heavy (non-hydrogen) atoms. The van der Waals surface area contributed by atoms with Crippen LogP contribution in [-0.2, 0) is 4.79 Å². The van der Waals surface area contributed by atoms with Crippen molar-refractivity contribution < 1.29 is 18.7 Å². The number of rotatable bonds is 7. The van der Waals surface area contributed by atoms with Gasteiger partial charge in [-0.15, -0.1) is 0 Å². The second kappa shape index (κ2) is 9.97. The highest BCUT2D eigenvalue weighted by Gasteiger charge is 2.10. The Bertz CT molecular complexity index is 1050. The highest BCUT2D eigenvalue weighted by molar-refractivity contribution is 6.01. The van der Waals surface area contributed by atoms with Crippen molar-refractivity contribution in [1.29, 1.82) is 0 Å². The number of benzene rings is 3. The molecule has 2 amide bonds. The van der Waals surface area contributed by atoms with Crippen molar-refractivity contribution in [2.24, 2.45) is 5.10 Å². The van der Waals surface area contributed by atoms with E-state index in [9.17, 15) is 14.0 Å². The summed E-state index contributed by atoms with van der Waals surface area (Å²) in [4.78, 5) is 23.9. The van der Waals surface area contributed by atoms with Gasteiger partial charge in [-0.25, -0.2) is 9.82 Å². The molecule has 0 saturated heterocycles. The Labute approximate surface area is 173 Å². The third-order valence-corrected chi connectivity index (χ3v) is 4.14. The maximum atomic E-state index is 13.6. The number of para-hydroxylation sites is 1. The lowest BCUT2D eigenvalue weighted by Gasteiger charge is -2.08. The smallest absolute Gasteiger partial charge is 0.274 e. The van der Waals surface area contributed by atoms with Gasteiger partial charge in [0, 0.05) is 5.69 Å². The van der Waals surface area contributed by atoms with Crippen LogP contribution in [0.25, 0.3) is 0 Å². The quantitative estimate of drug-likeness (QED) is 0.461. The van der Waals surface area contributed by atoms with Crippen LogP contribution in [0, 0.1) is 5.82 Å². The maximum Gasteiger partial charge on any atom is 0.274 e. The molecule has 0 unspecified atom stereocenters. The van der Waals surface area contributed by atoms with Crippen LogP contribution in [-0.4, -0.2) is 24.1 Å². The number of ether oxygens (including phenoxy) is 1. The first-order chi connectivity index (χ1) is 14.5. The second-order valence-corrected chi connectivity index (χ2v) is 6.35. The van der Waals surface area contributed by atoms with Crippen LogP contribution in [0.4, 0.5) is 10.1 Å². The normalized spacial score (nSPS) is 10.9. The Kier molecular flexibility index (Phi) is 6.89. The molecular formula is C23H20FN3O3. The van der Waals surface area contributed by atoms with Gasteiger partial charge in [-0.2, -0.15) is 5.10 Å². The van der Waals surface area contributed by atoms with Gasteiger partial charge in [0.15, 0.2) is 6.61 Å². The van der Waals surface area contributed by atoms with Crippen molar-refractivity contribution in [2.45, 2.75) is 6.92 Å². The summed E-state index contributed by atoms with van der Waals surface area (Å²) in [6.45, 7) is 1.59. The van der Waals surface area contributed by atoms with Crippen LogP contribution < -0.4 is 15.5 Å². The second-order valence-electron chi connectivity index (χ2n) is 6.35. The van der Waals surface area contributed by atoms with Crippen molar-refractivity contribution in [2.75, 3.05) is 11.9 Å². The van der Waals surface area contributed by atoms with E-state index >= 15 is 0 Å². The Balaban J connectivity index is 1.53. The minimum atomic E-state index is -0.628. The number of hydrogen-bond acceptors (Lipinski definition) is 4. The van der Waals surface area contributed by atoms with Crippen LogP contribution in [0.5, 0.6) is 5.75 Å². The summed E-state index contributed by atoms with van der Waals surface area (Å²) in [5, 5.41) is 6.74. The molecule has 3 rings (SSSR count). The van der Waals surface area contributed by atoms with E-state index in [1.807, 2.05) is 18.2 Å². The molecule has 6 nitrogen and oxygen atoms in total. The van der Waals surface area contributed by atoms with Crippen molar-refractivity contribution in [3.63, 3.8) is 0 Å². The summed E-state index contributed by atoms with van der Waals surface area (Å²) >= 11 is 0. The van der Waals surface area contributed by atoms with E-state index < -0.39 is 11.7 Å². The summed E-state index contributed by atoms with van der Waals surface area (Å²) in [5.74, 6) is -0.985. The van der Waals surface area contributed by atoms with E-state index in [4.69, 9.17) is 4.74 Å². The topological polar surface area (TPSA) is 79.8 Å². The summed E-state index contributed by atoms with van der Waals surface area (Å²) in [6, 6.07) is 21.7. The molecule has 0 bridgehead atoms. The largest absolute Gasteiger partial charge is 0.484 e. The van der Waals surface area contributed by atoms with Gasteiger partial charge in [-0.1, -0.05) is 30.3 Å². The first kappa shape index (κ1) is 20.7. The first-order valence-corrected chi connectivity index (χ1v) is 9.20. The fraction of sp³-hybridized carbons (Fsp3) is 0.0870. The third kappa shape index (κ3) is 5.75. The average molecular weight is 405 g/mol. The van der Waals surface area contributed by atoms with Gasteiger partial charge in [0.2, 0.25) is 0 Å². The Morgan fingerprint density at radius 1 is 0.933 bits per heavy atom. The fourth-order valence-electron chi connectivity index (χ4n) is 2.56. The molecule has 0 aliphatic heterocycles. The van der Waals surface area contributed by atoms with Crippen LogP contribution in [0.3, 0.4) is 0 Å². The lowest BCUT2D eigenvalue weighted by atomic mass is 10.1. The van der Waals surface area contributed by atoms with Crippen LogP contribution in [0.15, 0.2) is 84.0 Å². The SMILES string of the molecule is C/C(=N/NC(=O)c1ccccc1F)c1ccc(OCC(=O)Nc2ccccc2)cc1. The van der Waals surface area contributed by atoms with E-state index in [-0.39, 0.29) is 18.1 Å². The zero-order chi connectivity index (χ0) is 21.3. The lowest BCUT2D eigenvalue weighted by molar-refractivity contribution is -0.118. The minimum absolute atomic E-state index is 0.0772. The molecule has 0 heterocycles. The number of hydrazone groups is 1. The Morgan fingerprint density at radius 2 is 1.60 bits per heavy atom. The predicted molar refractivity (Wildman–Crippen MR) is 113 cm³/mol. The van der Waals surface area contributed by atoms with Gasteiger partial charge < -0.3 is 10.1 Å². The van der Waals surface area contributed by atoms with Gasteiger partial charge in [-0.05, 0) is 61.0 Å². The molecule has 7 heteroatoms. The lowest BCUT2D eigenvalue weighted by Crippen LogP contribution is -2.20. The molecule has 3 aromatic rings. The zero-order valence-electron chi connectivity index (χ0n) is 16.3. The number of nitrogens with zero attached hydrogens (tertiary/aromatic N) is 1. The van der Waals surface area contributed by atoms with Gasteiger partial charge in [0.05, 0.1) is 11.3 Å². The van der Waals surface area contributed by atoms with E-state index in [0.717, 1.165) is 5.56 Å². The molecule has 2 N–H and O–H groups in total. The fourth-order valence-corrected chi connectivity index (χ4v) is 2.56. The zero-order valence-corrected chi connectivity index (χ0v) is 16.3. The maximum absolute atomic E-state index is 13.6. The molecule has 0 saturated carbocycles.